The molecule has 2 heterocycles. The topological polar surface area (TPSA) is 71.8 Å². The lowest BCUT2D eigenvalue weighted by molar-refractivity contribution is -0.126. The minimum atomic E-state index is -0.0670. The van der Waals surface area contributed by atoms with Crippen LogP contribution >= 0.6 is 0 Å². The van der Waals surface area contributed by atoms with Crippen LogP contribution in [0.1, 0.15) is 35.7 Å². The average Bonchev–Trinajstić information content (AvgIpc) is 3.21. The number of nitrogens with zero attached hydrogens (tertiary/aromatic N) is 1. The zero-order valence-corrected chi connectivity index (χ0v) is 14.9. The number of carbonyl (C=O) groups excluding carboxylic acids is 2. The highest BCUT2D eigenvalue weighted by molar-refractivity contribution is 5.94. The monoisotopic (exact) mass is 356 g/mol. The first-order valence-electron chi connectivity index (χ1n) is 8.99. The third-order valence-corrected chi connectivity index (χ3v) is 4.65. The molecule has 0 unspecified atom stereocenters. The van der Waals surface area contributed by atoms with Gasteiger partial charge < -0.3 is 19.4 Å². The standard InChI is InChI=1S/C20H24N2O4/c1-2-26-18-6-4-3-5-16(18)13-21-19(23)15-7-10-22(11-8-15)20(24)17-9-12-25-14-17/h3-6,9,12,14-15H,2,7-8,10-11,13H2,1H3,(H,21,23). The lowest BCUT2D eigenvalue weighted by Gasteiger charge is -2.31. The molecule has 1 aromatic carbocycles. The second-order valence-electron chi connectivity index (χ2n) is 6.34. The van der Waals surface area contributed by atoms with E-state index in [4.69, 9.17) is 9.15 Å². The van der Waals surface area contributed by atoms with Crippen molar-refractivity contribution in [2.24, 2.45) is 5.92 Å². The van der Waals surface area contributed by atoms with E-state index in [2.05, 4.69) is 5.32 Å². The lowest BCUT2D eigenvalue weighted by Crippen LogP contribution is -2.42. The van der Waals surface area contributed by atoms with E-state index < -0.39 is 0 Å². The summed E-state index contributed by atoms with van der Waals surface area (Å²) in [5, 5.41) is 3.00. The number of piperidine rings is 1. The number of furan rings is 1. The number of likely N-dealkylation sites (tertiary alicyclic amines) is 1. The van der Waals surface area contributed by atoms with Crippen LogP contribution in [0.15, 0.2) is 47.3 Å². The third kappa shape index (κ3) is 4.25. The summed E-state index contributed by atoms with van der Waals surface area (Å²) in [7, 11) is 0. The van der Waals surface area contributed by atoms with Crippen LogP contribution in [0.5, 0.6) is 5.75 Å². The van der Waals surface area contributed by atoms with Gasteiger partial charge in [0.05, 0.1) is 18.4 Å². The molecule has 1 aromatic heterocycles. The minimum absolute atomic E-state index is 0.0340. The zero-order valence-electron chi connectivity index (χ0n) is 14.9. The number of rotatable bonds is 6. The highest BCUT2D eigenvalue weighted by Gasteiger charge is 2.28. The summed E-state index contributed by atoms with van der Waals surface area (Å²) >= 11 is 0. The fourth-order valence-corrected chi connectivity index (χ4v) is 3.19. The Morgan fingerprint density at radius 3 is 2.69 bits per heavy atom. The molecule has 1 aliphatic rings. The Bertz CT molecular complexity index is 734. The van der Waals surface area contributed by atoms with E-state index >= 15 is 0 Å². The minimum Gasteiger partial charge on any atom is -0.494 e. The Morgan fingerprint density at radius 2 is 2.00 bits per heavy atom. The molecule has 138 valence electrons. The molecule has 0 saturated carbocycles. The van der Waals surface area contributed by atoms with Crippen molar-refractivity contribution in [3.8, 4) is 5.75 Å². The van der Waals surface area contributed by atoms with E-state index in [1.165, 1.54) is 12.5 Å². The highest BCUT2D eigenvalue weighted by atomic mass is 16.5. The lowest BCUT2D eigenvalue weighted by atomic mass is 9.95. The Labute approximate surface area is 153 Å². The van der Waals surface area contributed by atoms with Gasteiger partial charge in [-0.05, 0) is 31.9 Å². The fourth-order valence-electron chi connectivity index (χ4n) is 3.19. The summed E-state index contributed by atoms with van der Waals surface area (Å²) in [6.45, 7) is 4.14. The van der Waals surface area contributed by atoms with Gasteiger partial charge in [0.25, 0.3) is 5.91 Å². The van der Waals surface area contributed by atoms with Gasteiger partial charge in [0.1, 0.15) is 12.0 Å². The number of para-hydroxylation sites is 1. The quantitative estimate of drug-likeness (QED) is 0.864. The zero-order chi connectivity index (χ0) is 18.4. The molecule has 1 N–H and O–H groups in total. The van der Waals surface area contributed by atoms with Gasteiger partial charge in [0.15, 0.2) is 0 Å². The Balaban J connectivity index is 1.49. The Hall–Kier alpha value is -2.76. The maximum atomic E-state index is 12.5. The SMILES string of the molecule is CCOc1ccccc1CNC(=O)C1CCN(C(=O)c2ccoc2)CC1. The second kappa shape index (κ2) is 8.56. The molecule has 1 fully saturated rings. The van der Waals surface area contributed by atoms with Crippen LogP contribution in [0.3, 0.4) is 0 Å². The van der Waals surface area contributed by atoms with Crippen LogP contribution < -0.4 is 10.1 Å². The van der Waals surface area contributed by atoms with Crippen molar-refractivity contribution < 1.29 is 18.7 Å². The molecule has 0 aliphatic carbocycles. The van der Waals surface area contributed by atoms with E-state index in [0.717, 1.165) is 11.3 Å². The normalized spacial score (nSPS) is 14.9. The van der Waals surface area contributed by atoms with Gasteiger partial charge in [0, 0.05) is 31.1 Å². The first kappa shape index (κ1) is 18.0. The number of benzene rings is 1. The van der Waals surface area contributed by atoms with Crippen molar-refractivity contribution in [3.63, 3.8) is 0 Å². The van der Waals surface area contributed by atoms with Crippen LogP contribution in [0.4, 0.5) is 0 Å². The first-order chi connectivity index (χ1) is 12.7. The second-order valence-corrected chi connectivity index (χ2v) is 6.34. The first-order valence-corrected chi connectivity index (χ1v) is 8.99. The van der Waals surface area contributed by atoms with Crippen LogP contribution in [0.25, 0.3) is 0 Å². The molecule has 1 aliphatic heterocycles. The highest BCUT2D eigenvalue weighted by Crippen LogP contribution is 2.21. The smallest absolute Gasteiger partial charge is 0.257 e. The summed E-state index contributed by atoms with van der Waals surface area (Å²) in [4.78, 5) is 26.6. The van der Waals surface area contributed by atoms with E-state index in [9.17, 15) is 9.59 Å². The van der Waals surface area contributed by atoms with E-state index in [-0.39, 0.29) is 17.7 Å². The van der Waals surface area contributed by atoms with E-state index in [1.807, 2.05) is 31.2 Å². The molecule has 6 heteroatoms. The van der Waals surface area contributed by atoms with Crippen molar-refractivity contribution in [2.75, 3.05) is 19.7 Å². The number of hydrogen-bond donors (Lipinski definition) is 1. The van der Waals surface area contributed by atoms with E-state index in [0.29, 0.717) is 44.6 Å². The molecule has 0 radical (unpaired) electrons. The van der Waals surface area contributed by atoms with Crippen LogP contribution in [-0.2, 0) is 11.3 Å². The molecule has 2 aromatic rings. The maximum Gasteiger partial charge on any atom is 0.257 e. The molecule has 6 nitrogen and oxygen atoms in total. The summed E-state index contributed by atoms with van der Waals surface area (Å²) in [5.41, 5.74) is 1.52. The molecule has 2 amide bonds. The van der Waals surface area contributed by atoms with Crippen LogP contribution in [-0.4, -0.2) is 36.4 Å². The van der Waals surface area contributed by atoms with Gasteiger partial charge in [-0.15, -0.1) is 0 Å². The van der Waals surface area contributed by atoms with Crippen molar-refractivity contribution >= 4 is 11.8 Å². The molecular weight excluding hydrogens is 332 g/mol. The summed E-state index contributed by atoms with van der Waals surface area (Å²) in [5.74, 6) is 0.730. The van der Waals surface area contributed by atoms with Crippen molar-refractivity contribution in [1.82, 2.24) is 10.2 Å². The molecule has 0 spiro atoms. The number of ether oxygens (including phenoxy) is 1. The van der Waals surface area contributed by atoms with Gasteiger partial charge in [0.2, 0.25) is 5.91 Å². The largest absolute Gasteiger partial charge is 0.494 e. The number of nitrogens with one attached hydrogen (secondary N) is 1. The summed E-state index contributed by atoms with van der Waals surface area (Å²) in [6.07, 6.45) is 4.29. The number of amides is 2. The van der Waals surface area contributed by atoms with Gasteiger partial charge in [-0.2, -0.15) is 0 Å². The Morgan fingerprint density at radius 1 is 1.23 bits per heavy atom. The van der Waals surface area contributed by atoms with Gasteiger partial charge in [-0.25, -0.2) is 0 Å². The van der Waals surface area contributed by atoms with E-state index in [1.54, 1.807) is 11.0 Å². The van der Waals surface area contributed by atoms with Gasteiger partial charge in [-0.1, -0.05) is 18.2 Å². The summed E-state index contributed by atoms with van der Waals surface area (Å²) in [6, 6.07) is 9.38. The summed E-state index contributed by atoms with van der Waals surface area (Å²) < 4.78 is 10.6. The van der Waals surface area contributed by atoms with Gasteiger partial charge in [-0.3, -0.25) is 9.59 Å². The van der Waals surface area contributed by atoms with Crippen LogP contribution in [0, 0.1) is 5.92 Å². The number of hydrogen-bond acceptors (Lipinski definition) is 4. The predicted molar refractivity (Wildman–Crippen MR) is 96.8 cm³/mol. The van der Waals surface area contributed by atoms with Crippen molar-refractivity contribution in [3.05, 3.63) is 54.0 Å². The van der Waals surface area contributed by atoms with Crippen LogP contribution in [0.2, 0.25) is 0 Å². The molecule has 0 bridgehead atoms. The average molecular weight is 356 g/mol. The van der Waals surface area contributed by atoms with Crippen molar-refractivity contribution in [2.45, 2.75) is 26.3 Å². The molecule has 1 saturated heterocycles. The molecule has 0 atom stereocenters. The predicted octanol–water partition coefficient (Wildman–Crippen LogP) is 2.85. The van der Waals surface area contributed by atoms with Crippen molar-refractivity contribution in [1.29, 1.82) is 0 Å². The third-order valence-electron chi connectivity index (χ3n) is 4.65. The fraction of sp³-hybridized carbons (Fsp3) is 0.400. The molecule has 3 rings (SSSR count). The maximum absolute atomic E-state index is 12.5. The molecular formula is C20H24N2O4. The molecule has 26 heavy (non-hydrogen) atoms. The van der Waals surface area contributed by atoms with Gasteiger partial charge >= 0.3 is 0 Å². The number of carbonyl (C=O) groups is 2. The Kier molecular flexibility index (Phi) is 5.94.